The number of nitrogens with zero attached hydrogens (tertiary/aromatic N) is 1. The van der Waals surface area contributed by atoms with E-state index in [4.69, 9.17) is 11.6 Å². The van der Waals surface area contributed by atoms with Crippen LogP contribution in [0, 0.1) is 5.92 Å². The second kappa shape index (κ2) is 7.45. The monoisotopic (exact) mass is 348 g/mol. The molecule has 1 amide bonds. The summed E-state index contributed by atoms with van der Waals surface area (Å²) in [6, 6.07) is 9.45. The number of carbonyl (C=O) groups excluding carboxylic acids is 1. The Morgan fingerprint density at radius 1 is 1.21 bits per heavy atom. The van der Waals surface area contributed by atoms with Crippen molar-refractivity contribution in [3.8, 4) is 0 Å². The van der Waals surface area contributed by atoms with E-state index in [0.717, 1.165) is 17.9 Å². The van der Waals surface area contributed by atoms with Crippen LogP contribution in [-0.2, 0) is 4.79 Å². The van der Waals surface area contributed by atoms with Crippen LogP contribution in [0.15, 0.2) is 24.3 Å². The molecular weight excluding hydrogens is 320 g/mol. The van der Waals surface area contributed by atoms with Gasteiger partial charge in [-0.25, -0.2) is 0 Å². The van der Waals surface area contributed by atoms with Gasteiger partial charge in [0.15, 0.2) is 0 Å². The maximum Gasteiger partial charge on any atom is 0.222 e. The van der Waals surface area contributed by atoms with Crippen molar-refractivity contribution in [2.75, 3.05) is 7.05 Å². The standard InChI is InChI=1S/C20H29ClN2O/c1-13(16-4-6-17(21)7-5-16)14(2)23(3)20(24)12-15-10-18-8-9-19(11-15)22-18/h4-7,13-15,18-19,22H,8-12H2,1-3H3. The van der Waals surface area contributed by atoms with Gasteiger partial charge in [0, 0.05) is 42.5 Å². The lowest BCUT2D eigenvalue weighted by molar-refractivity contribution is -0.133. The molecule has 4 heteroatoms. The topological polar surface area (TPSA) is 32.3 Å². The minimum absolute atomic E-state index is 0.178. The summed E-state index contributed by atoms with van der Waals surface area (Å²) in [6.45, 7) is 4.33. The Kier molecular flexibility index (Phi) is 5.51. The summed E-state index contributed by atoms with van der Waals surface area (Å²) in [4.78, 5) is 14.7. The molecule has 1 aromatic rings. The van der Waals surface area contributed by atoms with Crippen LogP contribution in [0.5, 0.6) is 0 Å². The third kappa shape index (κ3) is 3.94. The van der Waals surface area contributed by atoms with Gasteiger partial charge in [0.05, 0.1) is 0 Å². The van der Waals surface area contributed by atoms with Crippen LogP contribution in [0.4, 0.5) is 0 Å². The second-order valence-corrected chi connectivity index (χ2v) is 8.20. The van der Waals surface area contributed by atoms with E-state index in [1.54, 1.807) is 0 Å². The first kappa shape index (κ1) is 17.8. The molecule has 3 nitrogen and oxygen atoms in total. The molecule has 2 saturated heterocycles. The normalized spacial score (nSPS) is 28.4. The molecule has 3 rings (SSSR count). The smallest absolute Gasteiger partial charge is 0.222 e. The average Bonchev–Trinajstić information content (AvgIpc) is 2.92. The molecule has 0 spiro atoms. The maximum atomic E-state index is 12.8. The number of fused-ring (bicyclic) bond motifs is 2. The van der Waals surface area contributed by atoms with Crippen LogP contribution < -0.4 is 5.32 Å². The summed E-state index contributed by atoms with van der Waals surface area (Å²) in [5.41, 5.74) is 1.23. The van der Waals surface area contributed by atoms with Crippen molar-refractivity contribution < 1.29 is 4.79 Å². The average molecular weight is 349 g/mol. The highest BCUT2D eigenvalue weighted by Crippen LogP contribution is 2.33. The molecule has 2 aliphatic heterocycles. The Morgan fingerprint density at radius 3 is 2.38 bits per heavy atom. The van der Waals surface area contributed by atoms with E-state index in [1.165, 1.54) is 18.4 Å². The molecule has 2 fully saturated rings. The molecule has 1 aromatic carbocycles. The predicted molar refractivity (Wildman–Crippen MR) is 99.4 cm³/mol. The molecule has 132 valence electrons. The summed E-state index contributed by atoms with van der Waals surface area (Å²) in [7, 11) is 1.95. The Balaban J connectivity index is 1.57. The van der Waals surface area contributed by atoms with Crippen molar-refractivity contribution in [3.63, 3.8) is 0 Å². The molecule has 0 aliphatic carbocycles. The highest BCUT2D eigenvalue weighted by Gasteiger charge is 2.35. The van der Waals surface area contributed by atoms with Crippen molar-refractivity contribution in [1.82, 2.24) is 10.2 Å². The van der Waals surface area contributed by atoms with Crippen molar-refractivity contribution in [3.05, 3.63) is 34.9 Å². The van der Waals surface area contributed by atoms with Gasteiger partial charge >= 0.3 is 0 Å². The van der Waals surface area contributed by atoms with Crippen LogP contribution in [0.2, 0.25) is 5.02 Å². The van der Waals surface area contributed by atoms with Gasteiger partial charge in [-0.1, -0.05) is 30.7 Å². The number of amides is 1. The van der Waals surface area contributed by atoms with Gasteiger partial charge in [-0.15, -0.1) is 0 Å². The summed E-state index contributed by atoms with van der Waals surface area (Å²) in [5, 5.41) is 4.41. The first-order valence-electron chi connectivity index (χ1n) is 9.21. The molecule has 2 heterocycles. The fraction of sp³-hybridized carbons (Fsp3) is 0.650. The van der Waals surface area contributed by atoms with Gasteiger partial charge < -0.3 is 10.2 Å². The van der Waals surface area contributed by atoms with Gasteiger partial charge in [0.2, 0.25) is 5.91 Å². The van der Waals surface area contributed by atoms with E-state index in [9.17, 15) is 4.79 Å². The lowest BCUT2D eigenvalue weighted by Crippen LogP contribution is -2.42. The summed E-state index contributed by atoms with van der Waals surface area (Å²) < 4.78 is 0. The molecule has 24 heavy (non-hydrogen) atoms. The third-order valence-electron chi connectivity index (χ3n) is 6.16. The number of likely N-dealkylation sites (N-methyl/N-ethyl adjacent to an activating group) is 1. The number of nitrogens with one attached hydrogen (secondary N) is 1. The van der Waals surface area contributed by atoms with Crippen LogP contribution >= 0.6 is 11.6 Å². The zero-order valence-electron chi connectivity index (χ0n) is 15.0. The quantitative estimate of drug-likeness (QED) is 0.864. The van der Waals surface area contributed by atoms with Crippen LogP contribution in [0.1, 0.15) is 57.4 Å². The van der Waals surface area contributed by atoms with E-state index in [-0.39, 0.29) is 11.9 Å². The number of hydrogen-bond donors (Lipinski definition) is 1. The second-order valence-electron chi connectivity index (χ2n) is 7.76. The fourth-order valence-electron chi connectivity index (χ4n) is 4.34. The Labute approximate surface area is 150 Å². The van der Waals surface area contributed by atoms with E-state index in [2.05, 4.69) is 31.3 Å². The number of carbonyl (C=O) groups is 1. The van der Waals surface area contributed by atoms with Crippen LogP contribution in [0.25, 0.3) is 0 Å². The van der Waals surface area contributed by atoms with Gasteiger partial charge in [-0.3, -0.25) is 4.79 Å². The largest absolute Gasteiger partial charge is 0.342 e. The molecule has 1 N–H and O–H groups in total. The number of halogens is 1. The lowest BCUT2D eigenvalue weighted by Gasteiger charge is -2.33. The third-order valence-corrected chi connectivity index (χ3v) is 6.41. The summed E-state index contributed by atoms with van der Waals surface area (Å²) in [6.07, 6.45) is 5.60. The molecular formula is C20H29ClN2O. The van der Waals surface area contributed by atoms with Crippen molar-refractivity contribution in [2.45, 2.75) is 70.0 Å². The summed E-state index contributed by atoms with van der Waals surface area (Å²) >= 11 is 5.98. The van der Waals surface area contributed by atoms with E-state index in [1.807, 2.05) is 24.1 Å². The maximum absolute atomic E-state index is 12.8. The van der Waals surface area contributed by atoms with Crippen molar-refractivity contribution in [1.29, 1.82) is 0 Å². The highest BCUT2D eigenvalue weighted by atomic mass is 35.5. The first-order chi connectivity index (χ1) is 11.4. The predicted octanol–water partition coefficient (Wildman–Crippen LogP) is 4.21. The van der Waals surface area contributed by atoms with Crippen molar-refractivity contribution in [2.24, 2.45) is 5.92 Å². The molecule has 4 atom stereocenters. The molecule has 2 bridgehead atoms. The Bertz CT molecular complexity index is 562. The van der Waals surface area contributed by atoms with Gasteiger partial charge in [-0.2, -0.15) is 0 Å². The molecule has 2 aliphatic rings. The lowest BCUT2D eigenvalue weighted by atomic mass is 9.88. The number of hydrogen-bond acceptors (Lipinski definition) is 2. The van der Waals surface area contributed by atoms with Gasteiger partial charge in [-0.05, 0) is 56.2 Å². The molecule has 0 radical (unpaired) electrons. The van der Waals surface area contributed by atoms with Crippen molar-refractivity contribution >= 4 is 17.5 Å². The van der Waals surface area contributed by atoms with Gasteiger partial charge in [0.1, 0.15) is 0 Å². The Morgan fingerprint density at radius 2 is 1.79 bits per heavy atom. The SMILES string of the molecule is CC(c1ccc(Cl)cc1)C(C)N(C)C(=O)CC1CC2CCC(C1)N2. The highest BCUT2D eigenvalue weighted by molar-refractivity contribution is 6.30. The Hall–Kier alpha value is -1.06. The fourth-order valence-corrected chi connectivity index (χ4v) is 4.47. The molecule has 4 unspecified atom stereocenters. The zero-order valence-corrected chi connectivity index (χ0v) is 15.7. The number of piperidine rings is 1. The molecule has 0 aromatic heterocycles. The number of rotatable bonds is 5. The van der Waals surface area contributed by atoms with E-state index in [0.29, 0.717) is 30.3 Å². The minimum atomic E-state index is 0.178. The van der Waals surface area contributed by atoms with E-state index >= 15 is 0 Å². The minimum Gasteiger partial charge on any atom is -0.342 e. The molecule has 0 saturated carbocycles. The summed E-state index contributed by atoms with van der Waals surface area (Å²) in [5.74, 6) is 1.13. The van der Waals surface area contributed by atoms with Crippen LogP contribution in [-0.4, -0.2) is 36.0 Å². The first-order valence-corrected chi connectivity index (χ1v) is 9.59. The van der Waals surface area contributed by atoms with Gasteiger partial charge in [0.25, 0.3) is 0 Å². The van der Waals surface area contributed by atoms with E-state index < -0.39 is 0 Å². The van der Waals surface area contributed by atoms with Crippen LogP contribution in [0.3, 0.4) is 0 Å². The zero-order chi connectivity index (χ0) is 17.3. The number of benzene rings is 1.